The molecule has 154 valence electrons. The zero-order chi connectivity index (χ0) is 21.3. The molecule has 30 heavy (non-hydrogen) atoms. The molecule has 3 heterocycles. The van der Waals surface area contributed by atoms with E-state index < -0.39 is 18.0 Å². The minimum Gasteiger partial charge on any atom is -0.463 e. The average Bonchev–Trinajstić information content (AvgIpc) is 3.41. The number of rotatable bonds is 5. The minimum absolute atomic E-state index is 0.158. The zero-order valence-electron chi connectivity index (χ0n) is 15.3. The van der Waals surface area contributed by atoms with Gasteiger partial charge in [-0.2, -0.15) is 9.78 Å². The molecule has 4 aromatic rings. The Hall–Kier alpha value is -3.60. The summed E-state index contributed by atoms with van der Waals surface area (Å²) < 4.78 is 47.4. The van der Waals surface area contributed by atoms with E-state index in [1.165, 1.54) is 28.2 Å². The number of amides is 1. The maximum atomic E-state index is 12.5. The van der Waals surface area contributed by atoms with Gasteiger partial charge in [0.15, 0.2) is 5.76 Å². The highest BCUT2D eigenvalue weighted by Crippen LogP contribution is 2.27. The smallest absolute Gasteiger partial charge is 0.463 e. The highest BCUT2D eigenvalue weighted by atomic mass is 32.1. The molecular weight excluding hydrogens is 421 g/mol. The van der Waals surface area contributed by atoms with E-state index in [1.807, 2.05) is 0 Å². The number of furan rings is 1. The number of alkyl halides is 3. The van der Waals surface area contributed by atoms with Gasteiger partial charge in [0.2, 0.25) is 5.13 Å². The predicted octanol–water partition coefficient (Wildman–Crippen LogP) is 5.05. The second kappa shape index (κ2) is 7.67. The number of aryl methyl sites for hydroxylation is 1. The molecule has 3 aromatic heterocycles. The number of benzene rings is 1. The van der Waals surface area contributed by atoms with Crippen LogP contribution in [0.3, 0.4) is 0 Å². The van der Waals surface area contributed by atoms with Crippen molar-refractivity contribution in [3.63, 3.8) is 0 Å². The lowest BCUT2D eigenvalue weighted by atomic mass is 10.2. The summed E-state index contributed by atoms with van der Waals surface area (Å²) in [5.74, 6) is 0.0484. The number of nitrogens with one attached hydrogen (secondary N) is 1. The Morgan fingerprint density at radius 2 is 2.00 bits per heavy atom. The maximum Gasteiger partial charge on any atom is 0.573 e. The second-order valence-electron chi connectivity index (χ2n) is 6.10. The van der Waals surface area contributed by atoms with Crippen LogP contribution in [0.5, 0.6) is 5.75 Å². The number of nitrogens with zero attached hydrogens (tertiary/aromatic N) is 3. The third-order valence-electron chi connectivity index (χ3n) is 3.87. The van der Waals surface area contributed by atoms with Crippen molar-refractivity contribution in [2.45, 2.75) is 13.3 Å². The molecule has 0 aliphatic heterocycles. The molecule has 0 radical (unpaired) electrons. The van der Waals surface area contributed by atoms with Crippen molar-refractivity contribution in [3.8, 4) is 22.3 Å². The average molecular weight is 434 g/mol. The van der Waals surface area contributed by atoms with Crippen molar-refractivity contribution in [2.24, 2.45) is 0 Å². The molecule has 0 aliphatic carbocycles. The fraction of sp³-hybridized carbons (Fsp3) is 0.105. The lowest BCUT2D eigenvalue weighted by Crippen LogP contribution is -2.17. The number of anilines is 1. The van der Waals surface area contributed by atoms with E-state index in [-0.39, 0.29) is 5.56 Å². The molecule has 0 unspecified atom stereocenters. The number of thiazole rings is 1. The quantitative estimate of drug-likeness (QED) is 0.475. The summed E-state index contributed by atoms with van der Waals surface area (Å²) in [4.78, 5) is 17.0. The standard InChI is InChI=1S/C19H13F3N4O3S/c1-11-9-16(24-17(27)12-4-6-13(7-5-12)29-19(20,21)22)26(25-11)18-23-14(10-30-18)15-3-2-8-28-15/h2-10H,1H3,(H,24,27). The topological polar surface area (TPSA) is 82.2 Å². The molecule has 0 spiro atoms. The van der Waals surface area contributed by atoms with Crippen LogP contribution in [0.25, 0.3) is 16.6 Å². The normalized spacial score (nSPS) is 11.5. The Labute approximate surface area is 171 Å². The van der Waals surface area contributed by atoms with Crippen LogP contribution in [0.4, 0.5) is 19.0 Å². The third kappa shape index (κ3) is 4.35. The molecule has 0 aliphatic rings. The Bertz CT molecular complexity index is 1160. The highest BCUT2D eigenvalue weighted by molar-refractivity contribution is 7.12. The van der Waals surface area contributed by atoms with Gasteiger partial charge in [0.25, 0.3) is 5.91 Å². The molecule has 0 saturated carbocycles. The van der Waals surface area contributed by atoms with Gasteiger partial charge in [0.1, 0.15) is 17.3 Å². The van der Waals surface area contributed by atoms with E-state index in [4.69, 9.17) is 4.42 Å². The van der Waals surface area contributed by atoms with E-state index in [0.29, 0.717) is 28.1 Å². The van der Waals surface area contributed by atoms with Crippen LogP contribution in [0.1, 0.15) is 16.1 Å². The zero-order valence-corrected chi connectivity index (χ0v) is 16.1. The summed E-state index contributed by atoms with van der Waals surface area (Å²) in [7, 11) is 0. The summed E-state index contributed by atoms with van der Waals surface area (Å²) >= 11 is 1.31. The number of carbonyl (C=O) groups excluding carboxylic acids is 1. The maximum absolute atomic E-state index is 12.5. The van der Waals surface area contributed by atoms with Crippen molar-refractivity contribution in [1.82, 2.24) is 14.8 Å². The van der Waals surface area contributed by atoms with Crippen LogP contribution >= 0.6 is 11.3 Å². The van der Waals surface area contributed by atoms with Crippen molar-refractivity contribution in [2.75, 3.05) is 5.32 Å². The first-order valence-corrected chi connectivity index (χ1v) is 9.40. The van der Waals surface area contributed by atoms with Crippen LogP contribution in [0, 0.1) is 6.92 Å². The van der Waals surface area contributed by atoms with Gasteiger partial charge in [0, 0.05) is 17.0 Å². The monoisotopic (exact) mass is 434 g/mol. The van der Waals surface area contributed by atoms with Gasteiger partial charge < -0.3 is 14.5 Å². The molecule has 0 atom stereocenters. The fourth-order valence-electron chi connectivity index (χ4n) is 2.63. The van der Waals surface area contributed by atoms with Crippen molar-refractivity contribution >= 4 is 23.1 Å². The summed E-state index contributed by atoms with van der Waals surface area (Å²) in [5.41, 5.74) is 1.44. The number of aromatic nitrogens is 3. The Kier molecular flexibility index (Phi) is 5.04. The molecule has 1 amide bonds. The van der Waals surface area contributed by atoms with Crippen molar-refractivity contribution in [3.05, 3.63) is 65.4 Å². The van der Waals surface area contributed by atoms with E-state index in [1.54, 1.807) is 36.8 Å². The van der Waals surface area contributed by atoms with E-state index >= 15 is 0 Å². The first-order chi connectivity index (χ1) is 14.3. The largest absolute Gasteiger partial charge is 0.573 e. The number of hydrogen-bond acceptors (Lipinski definition) is 6. The number of carbonyl (C=O) groups is 1. The molecule has 4 rings (SSSR count). The number of ether oxygens (including phenoxy) is 1. The van der Waals surface area contributed by atoms with Gasteiger partial charge in [-0.25, -0.2) is 4.98 Å². The summed E-state index contributed by atoms with van der Waals surface area (Å²) in [6, 6.07) is 9.81. The first-order valence-electron chi connectivity index (χ1n) is 8.52. The highest BCUT2D eigenvalue weighted by Gasteiger charge is 2.31. The number of hydrogen-bond donors (Lipinski definition) is 1. The molecule has 11 heteroatoms. The Morgan fingerprint density at radius 1 is 1.23 bits per heavy atom. The SMILES string of the molecule is Cc1cc(NC(=O)c2ccc(OC(F)(F)F)cc2)n(-c2nc(-c3ccco3)cs2)n1. The van der Waals surface area contributed by atoms with Gasteiger partial charge in [-0.1, -0.05) is 0 Å². The van der Waals surface area contributed by atoms with Gasteiger partial charge in [-0.05, 0) is 43.3 Å². The molecule has 1 aromatic carbocycles. The van der Waals surface area contributed by atoms with Crippen molar-refractivity contribution < 1.29 is 27.1 Å². The molecule has 0 bridgehead atoms. The fourth-order valence-corrected chi connectivity index (χ4v) is 3.41. The summed E-state index contributed by atoms with van der Waals surface area (Å²) in [6.07, 6.45) is -3.25. The predicted molar refractivity (Wildman–Crippen MR) is 103 cm³/mol. The number of halogens is 3. The molecule has 7 nitrogen and oxygen atoms in total. The molecular formula is C19H13F3N4O3S. The van der Waals surface area contributed by atoms with Crippen LogP contribution in [-0.4, -0.2) is 27.0 Å². The van der Waals surface area contributed by atoms with Gasteiger partial charge in [-0.15, -0.1) is 24.5 Å². The van der Waals surface area contributed by atoms with Crippen molar-refractivity contribution in [1.29, 1.82) is 0 Å². The van der Waals surface area contributed by atoms with Gasteiger partial charge in [0.05, 0.1) is 12.0 Å². The minimum atomic E-state index is -4.80. The second-order valence-corrected chi connectivity index (χ2v) is 6.94. The molecule has 0 fully saturated rings. The van der Waals surface area contributed by atoms with E-state index in [0.717, 1.165) is 12.1 Å². The van der Waals surface area contributed by atoms with Gasteiger partial charge in [-0.3, -0.25) is 4.79 Å². The van der Waals surface area contributed by atoms with Crippen LogP contribution < -0.4 is 10.1 Å². The Balaban J connectivity index is 1.54. The molecule has 1 N–H and O–H groups in total. The lowest BCUT2D eigenvalue weighted by Gasteiger charge is -2.10. The lowest BCUT2D eigenvalue weighted by molar-refractivity contribution is -0.274. The van der Waals surface area contributed by atoms with E-state index in [9.17, 15) is 18.0 Å². The van der Waals surface area contributed by atoms with Gasteiger partial charge >= 0.3 is 6.36 Å². The molecule has 0 saturated heterocycles. The van der Waals surface area contributed by atoms with E-state index in [2.05, 4.69) is 20.1 Å². The van der Waals surface area contributed by atoms with Crippen LogP contribution in [0.15, 0.2) is 58.5 Å². The summed E-state index contributed by atoms with van der Waals surface area (Å²) in [6.45, 7) is 1.76. The Morgan fingerprint density at radius 3 is 2.67 bits per heavy atom. The summed E-state index contributed by atoms with van der Waals surface area (Å²) in [5, 5.41) is 9.36. The van der Waals surface area contributed by atoms with Crippen LogP contribution in [0.2, 0.25) is 0 Å². The van der Waals surface area contributed by atoms with Crippen LogP contribution in [-0.2, 0) is 0 Å². The third-order valence-corrected chi connectivity index (χ3v) is 4.69. The first kappa shape index (κ1) is 19.7.